The zero-order valence-corrected chi connectivity index (χ0v) is 15.0. The molecule has 1 unspecified atom stereocenters. The number of carbonyl (C=O) groups excluding carboxylic acids is 2. The van der Waals surface area contributed by atoms with Crippen molar-refractivity contribution in [1.82, 2.24) is 5.32 Å². The molecule has 0 spiro atoms. The fourth-order valence-corrected chi connectivity index (χ4v) is 3.04. The van der Waals surface area contributed by atoms with Gasteiger partial charge in [0.15, 0.2) is 12.7 Å². The molecule has 5 nitrogen and oxygen atoms in total. The highest BCUT2D eigenvalue weighted by molar-refractivity contribution is 6.35. The number of benzene rings is 1. The van der Waals surface area contributed by atoms with Crippen LogP contribution in [-0.4, -0.2) is 30.6 Å². The molecule has 1 fully saturated rings. The molecule has 1 saturated carbocycles. The maximum atomic E-state index is 12.0. The van der Waals surface area contributed by atoms with Crippen molar-refractivity contribution < 1.29 is 19.1 Å². The molecule has 1 N–H and O–H groups in total. The highest BCUT2D eigenvalue weighted by Gasteiger charge is 2.22. The van der Waals surface area contributed by atoms with Crippen LogP contribution in [0.25, 0.3) is 0 Å². The summed E-state index contributed by atoms with van der Waals surface area (Å²) < 4.78 is 10.4. The van der Waals surface area contributed by atoms with E-state index in [1.807, 2.05) is 0 Å². The Morgan fingerprint density at radius 1 is 1.25 bits per heavy atom. The van der Waals surface area contributed by atoms with E-state index in [0.717, 1.165) is 25.7 Å². The molecule has 1 aromatic carbocycles. The van der Waals surface area contributed by atoms with Gasteiger partial charge in [-0.1, -0.05) is 42.5 Å². The van der Waals surface area contributed by atoms with Crippen molar-refractivity contribution in [3.63, 3.8) is 0 Å². The van der Waals surface area contributed by atoms with Gasteiger partial charge in [0, 0.05) is 11.1 Å². The molecule has 1 aliphatic carbocycles. The van der Waals surface area contributed by atoms with Gasteiger partial charge in [-0.3, -0.25) is 4.79 Å². The minimum Gasteiger partial charge on any atom is -0.480 e. The number of amides is 1. The van der Waals surface area contributed by atoms with Crippen LogP contribution in [-0.2, 0) is 14.3 Å². The Bertz CT molecular complexity index is 588. The van der Waals surface area contributed by atoms with E-state index >= 15 is 0 Å². The Morgan fingerprint density at radius 3 is 2.62 bits per heavy atom. The predicted octanol–water partition coefficient (Wildman–Crippen LogP) is 3.75. The molecular weight excluding hydrogens is 353 g/mol. The fraction of sp³-hybridized carbons (Fsp3) is 0.529. The first-order valence-electron chi connectivity index (χ1n) is 8.03. The van der Waals surface area contributed by atoms with Crippen LogP contribution >= 0.6 is 23.2 Å². The van der Waals surface area contributed by atoms with E-state index in [1.54, 1.807) is 19.1 Å². The molecule has 1 aliphatic rings. The number of carbonyl (C=O) groups is 2. The molecule has 0 saturated heterocycles. The predicted molar refractivity (Wildman–Crippen MR) is 92.5 cm³/mol. The summed E-state index contributed by atoms with van der Waals surface area (Å²) in [6.45, 7) is 1.22. The summed E-state index contributed by atoms with van der Waals surface area (Å²) in [5.41, 5.74) is 0. The van der Waals surface area contributed by atoms with Gasteiger partial charge in [0.2, 0.25) is 0 Å². The lowest BCUT2D eigenvalue weighted by molar-refractivity contribution is -0.156. The van der Waals surface area contributed by atoms with Crippen molar-refractivity contribution in [1.29, 1.82) is 0 Å². The van der Waals surface area contributed by atoms with E-state index in [1.165, 1.54) is 12.5 Å². The lowest BCUT2D eigenvalue weighted by atomic mass is 9.95. The highest BCUT2D eigenvalue weighted by atomic mass is 35.5. The molecule has 1 aromatic rings. The number of hydrogen-bond donors (Lipinski definition) is 1. The summed E-state index contributed by atoms with van der Waals surface area (Å²) in [5.74, 6) is -0.579. The van der Waals surface area contributed by atoms with Gasteiger partial charge in [-0.15, -0.1) is 0 Å². The van der Waals surface area contributed by atoms with Crippen LogP contribution in [0.4, 0.5) is 0 Å². The Hall–Kier alpha value is -1.46. The molecule has 7 heteroatoms. The molecule has 0 heterocycles. The molecule has 1 amide bonds. The molecule has 0 radical (unpaired) electrons. The third-order valence-corrected chi connectivity index (χ3v) is 4.40. The van der Waals surface area contributed by atoms with Gasteiger partial charge in [-0.25, -0.2) is 4.79 Å². The number of halogens is 2. The minimum atomic E-state index is -0.858. The summed E-state index contributed by atoms with van der Waals surface area (Å²) in [7, 11) is 0. The average Bonchev–Trinajstić information content (AvgIpc) is 2.55. The van der Waals surface area contributed by atoms with E-state index < -0.39 is 12.1 Å². The van der Waals surface area contributed by atoms with Gasteiger partial charge in [-0.05, 0) is 38.0 Å². The normalized spacial score (nSPS) is 16.3. The van der Waals surface area contributed by atoms with Crippen LogP contribution in [0.5, 0.6) is 5.75 Å². The van der Waals surface area contributed by atoms with Gasteiger partial charge in [0.25, 0.3) is 5.91 Å². The monoisotopic (exact) mass is 373 g/mol. The molecule has 0 bridgehead atoms. The summed E-state index contributed by atoms with van der Waals surface area (Å²) >= 11 is 11.7. The average molecular weight is 374 g/mol. The summed E-state index contributed by atoms with van der Waals surface area (Å²) in [4.78, 5) is 23.9. The molecule has 132 valence electrons. The van der Waals surface area contributed by atoms with Crippen molar-refractivity contribution in [2.45, 2.75) is 51.2 Å². The zero-order valence-electron chi connectivity index (χ0n) is 13.5. The number of nitrogens with one attached hydrogen (secondary N) is 1. The van der Waals surface area contributed by atoms with E-state index in [2.05, 4.69) is 5.32 Å². The molecule has 0 aromatic heterocycles. The van der Waals surface area contributed by atoms with E-state index in [-0.39, 0.29) is 18.6 Å². The second-order valence-electron chi connectivity index (χ2n) is 5.84. The first kappa shape index (κ1) is 18.9. The largest absolute Gasteiger partial charge is 0.480 e. The third-order valence-electron chi connectivity index (χ3n) is 3.87. The number of esters is 1. The van der Waals surface area contributed by atoms with Gasteiger partial charge in [0.05, 0.1) is 5.02 Å². The number of rotatable bonds is 6. The van der Waals surface area contributed by atoms with Crippen molar-refractivity contribution >= 4 is 35.1 Å². The summed E-state index contributed by atoms with van der Waals surface area (Å²) in [6, 6.07) is 4.87. The number of ether oxygens (including phenoxy) is 2. The molecule has 1 atom stereocenters. The van der Waals surface area contributed by atoms with E-state index in [0.29, 0.717) is 15.8 Å². The van der Waals surface area contributed by atoms with Gasteiger partial charge in [0.1, 0.15) is 5.75 Å². The zero-order chi connectivity index (χ0) is 17.5. The SMILES string of the molecule is CC(OC(=O)COc1ccc(Cl)cc1Cl)C(=O)NC1CCCCC1. The van der Waals surface area contributed by atoms with E-state index in [4.69, 9.17) is 32.7 Å². The minimum absolute atomic E-state index is 0.177. The first-order chi connectivity index (χ1) is 11.5. The van der Waals surface area contributed by atoms with Crippen molar-refractivity contribution in [3.05, 3.63) is 28.2 Å². The van der Waals surface area contributed by atoms with Gasteiger partial charge >= 0.3 is 5.97 Å². The Labute approximate surface area is 151 Å². The lowest BCUT2D eigenvalue weighted by Gasteiger charge is -2.24. The maximum Gasteiger partial charge on any atom is 0.344 e. The quantitative estimate of drug-likeness (QED) is 0.771. The van der Waals surface area contributed by atoms with Crippen molar-refractivity contribution in [3.8, 4) is 5.75 Å². The van der Waals surface area contributed by atoms with Crippen LogP contribution in [0.1, 0.15) is 39.0 Å². The van der Waals surface area contributed by atoms with E-state index in [9.17, 15) is 9.59 Å². The molecule has 2 rings (SSSR count). The van der Waals surface area contributed by atoms with Gasteiger partial charge in [-0.2, -0.15) is 0 Å². The van der Waals surface area contributed by atoms with Crippen LogP contribution in [0.3, 0.4) is 0 Å². The smallest absolute Gasteiger partial charge is 0.344 e. The summed E-state index contributed by atoms with van der Waals surface area (Å²) in [5, 5.41) is 3.70. The Kier molecular flexibility index (Phi) is 7.18. The van der Waals surface area contributed by atoms with Crippen LogP contribution < -0.4 is 10.1 Å². The number of hydrogen-bond acceptors (Lipinski definition) is 4. The van der Waals surface area contributed by atoms with Crippen molar-refractivity contribution in [2.24, 2.45) is 0 Å². The van der Waals surface area contributed by atoms with Crippen LogP contribution in [0.15, 0.2) is 18.2 Å². The van der Waals surface area contributed by atoms with Crippen LogP contribution in [0.2, 0.25) is 10.0 Å². The second-order valence-corrected chi connectivity index (χ2v) is 6.68. The third kappa shape index (κ3) is 5.87. The van der Waals surface area contributed by atoms with Crippen LogP contribution in [0, 0.1) is 0 Å². The fourth-order valence-electron chi connectivity index (χ4n) is 2.58. The Morgan fingerprint density at radius 2 is 1.96 bits per heavy atom. The first-order valence-corrected chi connectivity index (χ1v) is 8.79. The summed E-state index contributed by atoms with van der Waals surface area (Å²) in [6.07, 6.45) is 4.55. The van der Waals surface area contributed by atoms with Crippen molar-refractivity contribution in [2.75, 3.05) is 6.61 Å². The maximum absolute atomic E-state index is 12.0. The second kappa shape index (κ2) is 9.14. The topological polar surface area (TPSA) is 64.6 Å². The Balaban J connectivity index is 1.75. The lowest BCUT2D eigenvalue weighted by Crippen LogP contribution is -2.43. The molecule has 24 heavy (non-hydrogen) atoms. The van der Waals surface area contributed by atoms with Gasteiger partial charge < -0.3 is 14.8 Å². The molecule has 0 aliphatic heterocycles. The highest BCUT2D eigenvalue weighted by Crippen LogP contribution is 2.27. The standard InChI is InChI=1S/C17H21Cl2NO4/c1-11(17(22)20-13-5-3-2-4-6-13)24-16(21)10-23-15-8-7-12(18)9-14(15)19/h7-9,11,13H,2-6,10H2,1H3,(H,20,22). The molecular formula is C17H21Cl2NO4.